The molecule has 70 valence electrons. The van der Waals surface area contributed by atoms with Crippen molar-refractivity contribution in [2.75, 3.05) is 18.8 Å². The van der Waals surface area contributed by atoms with Crippen LogP contribution in [0.5, 0.6) is 0 Å². The molecule has 1 fully saturated rings. The van der Waals surface area contributed by atoms with E-state index in [-0.39, 0.29) is 0 Å². The Hall–Kier alpha value is 0.0500. The van der Waals surface area contributed by atoms with E-state index >= 15 is 0 Å². The highest BCUT2D eigenvalue weighted by molar-refractivity contribution is 7.80. The van der Waals surface area contributed by atoms with E-state index in [1.54, 1.807) is 0 Å². The lowest BCUT2D eigenvalue weighted by Gasteiger charge is -2.18. The topological polar surface area (TPSA) is 3.24 Å². The molecule has 0 aliphatic heterocycles. The Bertz CT molecular complexity index is 141. The van der Waals surface area contributed by atoms with Gasteiger partial charge in [0, 0.05) is 18.3 Å². The van der Waals surface area contributed by atoms with Crippen molar-refractivity contribution in [3.05, 3.63) is 12.2 Å². The molecular weight excluding hydrogens is 166 g/mol. The number of hydrogen-bond acceptors (Lipinski definition) is 2. The van der Waals surface area contributed by atoms with Gasteiger partial charge in [-0.3, -0.25) is 4.90 Å². The molecule has 0 heterocycles. The van der Waals surface area contributed by atoms with Crippen LogP contribution in [0.3, 0.4) is 0 Å². The van der Waals surface area contributed by atoms with Gasteiger partial charge < -0.3 is 0 Å². The lowest BCUT2D eigenvalue weighted by atomic mass is 10.3. The van der Waals surface area contributed by atoms with E-state index < -0.39 is 0 Å². The molecule has 1 saturated carbocycles. The van der Waals surface area contributed by atoms with E-state index in [2.05, 4.69) is 36.6 Å². The fraction of sp³-hybridized carbons (Fsp3) is 0.800. The summed E-state index contributed by atoms with van der Waals surface area (Å²) in [5.74, 6) is 0.866. The molecule has 1 rings (SSSR count). The maximum Gasteiger partial charge on any atom is 0.0166 e. The van der Waals surface area contributed by atoms with Crippen LogP contribution in [0.2, 0.25) is 0 Å². The standard InChI is InChI=1S/C10H19NS/c1-2-7-11(10-5-6-10)8-3-4-9-12/h3-4,10,12H,2,5-9H2,1H3. The molecule has 0 atom stereocenters. The summed E-state index contributed by atoms with van der Waals surface area (Å²) in [5, 5.41) is 0. The van der Waals surface area contributed by atoms with Gasteiger partial charge in [-0.15, -0.1) is 0 Å². The quantitative estimate of drug-likeness (QED) is 0.491. The van der Waals surface area contributed by atoms with Crippen LogP contribution in [-0.4, -0.2) is 29.8 Å². The summed E-state index contributed by atoms with van der Waals surface area (Å²) in [5.41, 5.74) is 0. The van der Waals surface area contributed by atoms with Crippen LogP contribution in [0.4, 0.5) is 0 Å². The van der Waals surface area contributed by atoms with E-state index in [0.29, 0.717) is 0 Å². The number of hydrogen-bond donors (Lipinski definition) is 1. The van der Waals surface area contributed by atoms with Gasteiger partial charge in [0.1, 0.15) is 0 Å². The maximum absolute atomic E-state index is 4.14. The monoisotopic (exact) mass is 185 g/mol. The predicted octanol–water partition coefficient (Wildman–Crippen LogP) is 2.35. The molecule has 1 nitrogen and oxygen atoms in total. The Balaban J connectivity index is 2.18. The van der Waals surface area contributed by atoms with E-state index in [9.17, 15) is 0 Å². The second kappa shape index (κ2) is 5.65. The molecule has 0 spiro atoms. The summed E-state index contributed by atoms with van der Waals surface area (Å²) in [6.07, 6.45) is 8.46. The van der Waals surface area contributed by atoms with Crippen molar-refractivity contribution < 1.29 is 0 Å². The number of rotatable bonds is 6. The zero-order chi connectivity index (χ0) is 8.81. The van der Waals surface area contributed by atoms with Crippen LogP contribution in [0.25, 0.3) is 0 Å². The lowest BCUT2D eigenvalue weighted by molar-refractivity contribution is 0.292. The fourth-order valence-electron chi connectivity index (χ4n) is 1.43. The average Bonchev–Trinajstić information content (AvgIpc) is 2.86. The summed E-state index contributed by atoms with van der Waals surface area (Å²) in [6, 6.07) is 0.898. The van der Waals surface area contributed by atoms with Crippen molar-refractivity contribution in [1.29, 1.82) is 0 Å². The van der Waals surface area contributed by atoms with E-state index in [1.807, 2.05) is 0 Å². The van der Waals surface area contributed by atoms with Gasteiger partial charge in [-0.25, -0.2) is 0 Å². The van der Waals surface area contributed by atoms with Crippen molar-refractivity contribution in [1.82, 2.24) is 4.90 Å². The lowest BCUT2D eigenvalue weighted by Crippen LogP contribution is -2.26. The van der Waals surface area contributed by atoms with Gasteiger partial charge in [-0.05, 0) is 25.8 Å². The van der Waals surface area contributed by atoms with Gasteiger partial charge in [0.2, 0.25) is 0 Å². The second-order valence-corrected chi connectivity index (χ2v) is 3.75. The number of thiol groups is 1. The molecule has 0 amide bonds. The Kier molecular flexibility index (Phi) is 4.77. The van der Waals surface area contributed by atoms with E-state index in [1.165, 1.54) is 25.8 Å². The predicted molar refractivity (Wildman–Crippen MR) is 57.9 cm³/mol. The Labute approximate surface area is 81.2 Å². The van der Waals surface area contributed by atoms with Crippen LogP contribution < -0.4 is 0 Å². The van der Waals surface area contributed by atoms with Crippen LogP contribution in [0.15, 0.2) is 12.2 Å². The first-order valence-corrected chi connectivity index (χ1v) is 5.51. The van der Waals surface area contributed by atoms with Gasteiger partial charge in [-0.1, -0.05) is 19.1 Å². The minimum Gasteiger partial charge on any atom is -0.297 e. The van der Waals surface area contributed by atoms with Gasteiger partial charge in [0.05, 0.1) is 0 Å². The highest BCUT2D eigenvalue weighted by Gasteiger charge is 2.26. The molecule has 1 aliphatic rings. The molecule has 0 bridgehead atoms. The third kappa shape index (κ3) is 3.63. The summed E-state index contributed by atoms with van der Waals surface area (Å²) in [6.45, 7) is 4.62. The van der Waals surface area contributed by atoms with Crippen molar-refractivity contribution in [2.24, 2.45) is 0 Å². The normalized spacial score (nSPS) is 17.9. The maximum atomic E-state index is 4.14. The Morgan fingerprint density at radius 1 is 1.42 bits per heavy atom. The molecule has 0 aromatic rings. The first kappa shape index (κ1) is 10.1. The molecule has 0 saturated heterocycles. The van der Waals surface area contributed by atoms with Crippen LogP contribution in [0.1, 0.15) is 26.2 Å². The van der Waals surface area contributed by atoms with Crippen molar-refractivity contribution >= 4 is 12.6 Å². The molecule has 1 aliphatic carbocycles. The fourth-order valence-corrected chi connectivity index (χ4v) is 1.58. The van der Waals surface area contributed by atoms with Gasteiger partial charge >= 0.3 is 0 Å². The zero-order valence-electron chi connectivity index (χ0n) is 7.87. The minimum atomic E-state index is 0.866. The van der Waals surface area contributed by atoms with Crippen molar-refractivity contribution in [3.8, 4) is 0 Å². The van der Waals surface area contributed by atoms with Gasteiger partial charge in [0.15, 0.2) is 0 Å². The molecule has 2 heteroatoms. The van der Waals surface area contributed by atoms with Crippen LogP contribution >= 0.6 is 12.6 Å². The third-order valence-electron chi connectivity index (χ3n) is 2.19. The summed E-state index contributed by atoms with van der Waals surface area (Å²) >= 11 is 4.14. The smallest absolute Gasteiger partial charge is 0.0166 e. The molecule has 0 aromatic carbocycles. The highest BCUT2D eigenvalue weighted by Crippen LogP contribution is 2.26. The van der Waals surface area contributed by atoms with Gasteiger partial charge in [-0.2, -0.15) is 12.6 Å². The summed E-state index contributed by atoms with van der Waals surface area (Å²) < 4.78 is 0. The number of nitrogens with zero attached hydrogens (tertiary/aromatic N) is 1. The molecule has 0 aromatic heterocycles. The Morgan fingerprint density at radius 3 is 2.67 bits per heavy atom. The molecule has 0 N–H and O–H groups in total. The van der Waals surface area contributed by atoms with Gasteiger partial charge in [0.25, 0.3) is 0 Å². The zero-order valence-corrected chi connectivity index (χ0v) is 8.76. The minimum absolute atomic E-state index is 0.866. The largest absolute Gasteiger partial charge is 0.297 e. The first-order valence-electron chi connectivity index (χ1n) is 4.88. The molecule has 0 unspecified atom stereocenters. The van der Waals surface area contributed by atoms with E-state index in [4.69, 9.17) is 0 Å². The molecule has 12 heavy (non-hydrogen) atoms. The summed E-state index contributed by atoms with van der Waals surface area (Å²) in [7, 11) is 0. The Morgan fingerprint density at radius 2 is 2.17 bits per heavy atom. The van der Waals surface area contributed by atoms with Crippen molar-refractivity contribution in [2.45, 2.75) is 32.2 Å². The van der Waals surface area contributed by atoms with Crippen molar-refractivity contribution in [3.63, 3.8) is 0 Å². The second-order valence-electron chi connectivity index (χ2n) is 3.38. The highest BCUT2D eigenvalue weighted by atomic mass is 32.1. The van der Waals surface area contributed by atoms with Crippen LogP contribution in [0, 0.1) is 0 Å². The first-order chi connectivity index (χ1) is 5.88. The molecule has 0 radical (unpaired) electrons. The van der Waals surface area contributed by atoms with E-state index in [0.717, 1.165) is 18.3 Å². The van der Waals surface area contributed by atoms with Crippen LogP contribution in [-0.2, 0) is 0 Å². The summed E-state index contributed by atoms with van der Waals surface area (Å²) in [4.78, 5) is 2.57. The SMILES string of the molecule is CCCN(CC=CCS)C1CC1. The molecular formula is C10H19NS. The average molecular weight is 185 g/mol. The third-order valence-corrected chi connectivity index (χ3v) is 2.40.